The van der Waals surface area contributed by atoms with Crippen molar-refractivity contribution in [2.45, 2.75) is 174 Å². The minimum Gasteiger partial charge on any atom is -0.469 e. The van der Waals surface area contributed by atoms with Crippen LogP contribution in [-0.2, 0) is 9.53 Å². The van der Waals surface area contributed by atoms with E-state index in [2.05, 4.69) is 25.9 Å². The summed E-state index contributed by atoms with van der Waals surface area (Å²) in [7, 11) is 5.98. The van der Waals surface area contributed by atoms with Gasteiger partial charge in [0.2, 0.25) is 0 Å². The first-order valence-electron chi connectivity index (χ1n) is 17.3. The molecule has 0 amide bonds. The van der Waals surface area contributed by atoms with Gasteiger partial charge in [-0.05, 0) is 57.5 Å². The first-order chi connectivity index (χ1) is 18.6. The maximum absolute atomic E-state index is 11.1. The van der Waals surface area contributed by atoms with E-state index in [1.807, 2.05) is 0 Å². The number of unbranched alkanes of at least 4 members (excludes halogenated alkanes) is 17. The van der Waals surface area contributed by atoms with Crippen LogP contribution in [0.15, 0.2) is 0 Å². The number of nitrogens with zero attached hydrogens (tertiary/aromatic N) is 1. The first-order valence-corrected chi connectivity index (χ1v) is 17.3. The van der Waals surface area contributed by atoms with E-state index in [-0.39, 0.29) is 5.97 Å². The van der Waals surface area contributed by atoms with Crippen molar-refractivity contribution in [2.75, 3.05) is 27.7 Å². The van der Waals surface area contributed by atoms with Crippen LogP contribution < -0.4 is 0 Å². The molecule has 1 fully saturated rings. The Bertz CT molecular complexity index is 520. The monoisotopic (exact) mass is 536 g/mol. The molecular formula is C35H69NO2. The molecule has 0 radical (unpaired) electrons. The van der Waals surface area contributed by atoms with Crippen LogP contribution in [0.25, 0.3) is 0 Å². The zero-order valence-electron chi connectivity index (χ0n) is 26.6. The Morgan fingerprint density at radius 1 is 0.658 bits per heavy atom. The van der Waals surface area contributed by atoms with E-state index in [9.17, 15) is 4.79 Å². The van der Waals surface area contributed by atoms with E-state index in [0.29, 0.717) is 6.42 Å². The highest BCUT2D eigenvalue weighted by Gasteiger charge is 2.34. The normalized spacial score (nSPS) is 17.7. The summed E-state index contributed by atoms with van der Waals surface area (Å²) in [6, 6.07) is 0. The lowest BCUT2D eigenvalue weighted by atomic mass is 9.93. The van der Waals surface area contributed by atoms with Crippen LogP contribution in [0.3, 0.4) is 0 Å². The fraction of sp³-hybridized carbons (Fsp3) is 0.971. The molecule has 0 bridgehead atoms. The molecule has 0 spiro atoms. The molecule has 0 aliphatic heterocycles. The maximum Gasteiger partial charge on any atom is 0.305 e. The van der Waals surface area contributed by atoms with Crippen molar-refractivity contribution < 1.29 is 9.53 Å². The zero-order valence-corrected chi connectivity index (χ0v) is 26.6. The minimum absolute atomic E-state index is 0.0562. The molecule has 0 N–H and O–H groups in total. The van der Waals surface area contributed by atoms with Crippen LogP contribution in [0.4, 0.5) is 0 Å². The second kappa shape index (κ2) is 25.4. The maximum atomic E-state index is 11.1. The standard InChI is InChI=1S/C35H69NO2/c1-5-6-7-8-11-15-20-25-32(31-36(2)3)26-21-16-12-9-10-13-17-22-27-33-30-34(33)28-23-18-14-19-24-29-35(37)38-4/h32-34H,5-31H2,1-4H3. The van der Waals surface area contributed by atoms with Gasteiger partial charge in [-0.25, -0.2) is 0 Å². The third-order valence-corrected chi connectivity index (χ3v) is 9.03. The number of hydrogen-bond donors (Lipinski definition) is 0. The van der Waals surface area contributed by atoms with Gasteiger partial charge in [0.25, 0.3) is 0 Å². The molecule has 1 rings (SSSR count). The third kappa shape index (κ3) is 22.3. The molecule has 0 aromatic rings. The van der Waals surface area contributed by atoms with Crippen molar-refractivity contribution >= 4 is 5.97 Å². The highest BCUT2D eigenvalue weighted by Crippen LogP contribution is 2.45. The fourth-order valence-corrected chi connectivity index (χ4v) is 6.46. The third-order valence-electron chi connectivity index (χ3n) is 9.03. The lowest BCUT2D eigenvalue weighted by molar-refractivity contribution is -0.140. The Balaban J connectivity index is 1.86. The van der Waals surface area contributed by atoms with Gasteiger partial charge in [0, 0.05) is 13.0 Å². The van der Waals surface area contributed by atoms with Gasteiger partial charge in [0.05, 0.1) is 7.11 Å². The van der Waals surface area contributed by atoms with Crippen molar-refractivity contribution in [3.05, 3.63) is 0 Å². The average Bonchev–Trinajstić information content (AvgIpc) is 3.65. The molecule has 1 saturated carbocycles. The van der Waals surface area contributed by atoms with Crippen molar-refractivity contribution in [1.29, 1.82) is 0 Å². The summed E-state index contributed by atoms with van der Waals surface area (Å²) >= 11 is 0. The summed E-state index contributed by atoms with van der Waals surface area (Å²) < 4.78 is 4.70. The number of hydrogen-bond acceptors (Lipinski definition) is 3. The second-order valence-corrected chi connectivity index (χ2v) is 13.1. The zero-order chi connectivity index (χ0) is 27.7. The Morgan fingerprint density at radius 3 is 1.53 bits per heavy atom. The minimum atomic E-state index is -0.0562. The van der Waals surface area contributed by atoms with E-state index in [4.69, 9.17) is 4.74 Å². The van der Waals surface area contributed by atoms with E-state index < -0.39 is 0 Å². The molecule has 1 aliphatic carbocycles. The van der Waals surface area contributed by atoms with E-state index in [0.717, 1.165) is 24.2 Å². The van der Waals surface area contributed by atoms with E-state index >= 15 is 0 Å². The highest BCUT2D eigenvalue weighted by atomic mass is 16.5. The molecule has 226 valence electrons. The summed E-state index contributed by atoms with van der Waals surface area (Å²) in [5, 5.41) is 0. The number of methoxy groups -OCH3 is 1. The van der Waals surface area contributed by atoms with Crippen LogP contribution in [0.1, 0.15) is 174 Å². The first kappa shape index (κ1) is 35.5. The quantitative estimate of drug-likeness (QED) is 0.0704. The summed E-state index contributed by atoms with van der Waals surface area (Å²) in [6.07, 6.45) is 35.9. The van der Waals surface area contributed by atoms with Crippen LogP contribution in [0, 0.1) is 17.8 Å². The summed E-state index contributed by atoms with van der Waals surface area (Å²) in [5.74, 6) is 2.97. The lowest BCUT2D eigenvalue weighted by Crippen LogP contribution is -2.21. The Morgan fingerprint density at radius 2 is 1.08 bits per heavy atom. The summed E-state index contributed by atoms with van der Waals surface area (Å²) in [6.45, 7) is 3.59. The second-order valence-electron chi connectivity index (χ2n) is 13.1. The fourth-order valence-electron chi connectivity index (χ4n) is 6.46. The van der Waals surface area contributed by atoms with Gasteiger partial charge in [-0.3, -0.25) is 4.79 Å². The molecule has 0 heterocycles. The Labute approximate surface area is 239 Å². The summed E-state index contributed by atoms with van der Waals surface area (Å²) in [5.41, 5.74) is 0. The van der Waals surface area contributed by atoms with Crippen molar-refractivity contribution in [2.24, 2.45) is 17.8 Å². The van der Waals surface area contributed by atoms with Crippen LogP contribution in [0.2, 0.25) is 0 Å². The topological polar surface area (TPSA) is 29.5 Å². The van der Waals surface area contributed by atoms with Crippen LogP contribution >= 0.6 is 0 Å². The number of carbonyl (C=O) groups excluding carboxylic acids is 1. The van der Waals surface area contributed by atoms with E-state index in [1.165, 1.54) is 168 Å². The van der Waals surface area contributed by atoms with Crippen molar-refractivity contribution in [3.8, 4) is 0 Å². The highest BCUT2D eigenvalue weighted by molar-refractivity contribution is 5.68. The predicted octanol–water partition coefficient (Wildman–Crippen LogP) is 10.7. The van der Waals surface area contributed by atoms with Gasteiger partial charge in [-0.1, -0.05) is 142 Å². The SMILES string of the molecule is CCCCCCCCCC(CCCCCCCCCCC1CC1CCCCCCCC(=O)OC)CN(C)C. The molecular weight excluding hydrogens is 466 g/mol. The largest absolute Gasteiger partial charge is 0.469 e. The molecule has 0 aromatic carbocycles. The van der Waals surface area contributed by atoms with Gasteiger partial charge in [-0.15, -0.1) is 0 Å². The predicted molar refractivity (Wildman–Crippen MR) is 167 cm³/mol. The van der Waals surface area contributed by atoms with Gasteiger partial charge in [-0.2, -0.15) is 0 Å². The van der Waals surface area contributed by atoms with Gasteiger partial charge >= 0.3 is 5.97 Å². The smallest absolute Gasteiger partial charge is 0.305 e. The molecule has 1 aliphatic rings. The Hall–Kier alpha value is -0.570. The van der Waals surface area contributed by atoms with Gasteiger partial charge < -0.3 is 9.64 Å². The number of esters is 1. The number of ether oxygens (including phenoxy) is 1. The number of rotatable bonds is 29. The molecule has 3 nitrogen and oxygen atoms in total. The van der Waals surface area contributed by atoms with Gasteiger partial charge in [0.1, 0.15) is 0 Å². The average molecular weight is 536 g/mol. The molecule has 0 saturated heterocycles. The van der Waals surface area contributed by atoms with E-state index in [1.54, 1.807) is 0 Å². The van der Waals surface area contributed by atoms with Crippen LogP contribution in [-0.4, -0.2) is 38.6 Å². The summed E-state index contributed by atoms with van der Waals surface area (Å²) in [4.78, 5) is 13.5. The molecule has 38 heavy (non-hydrogen) atoms. The lowest BCUT2D eigenvalue weighted by Gasteiger charge is -2.21. The van der Waals surface area contributed by atoms with Crippen molar-refractivity contribution in [1.82, 2.24) is 4.90 Å². The van der Waals surface area contributed by atoms with Crippen molar-refractivity contribution in [3.63, 3.8) is 0 Å². The van der Waals surface area contributed by atoms with Crippen LogP contribution in [0.5, 0.6) is 0 Å². The molecule has 0 aromatic heterocycles. The number of carbonyl (C=O) groups is 1. The Kier molecular flexibility index (Phi) is 23.7. The molecule has 3 unspecified atom stereocenters. The van der Waals surface area contributed by atoms with Gasteiger partial charge in [0.15, 0.2) is 0 Å². The molecule has 3 heteroatoms. The molecule has 3 atom stereocenters.